The van der Waals surface area contributed by atoms with Gasteiger partial charge in [0.15, 0.2) is 0 Å². The molecular weight excluding hydrogens is 150 g/mol. The summed E-state index contributed by atoms with van der Waals surface area (Å²) in [5.41, 5.74) is 6.37. The summed E-state index contributed by atoms with van der Waals surface area (Å²) in [6.07, 6.45) is 0.810. The first kappa shape index (κ1) is 9.07. The zero-order valence-corrected chi connectivity index (χ0v) is 7.54. The molecule has 2 heteroatoms. The number of para-hydroxylation sites is 1. The van der Waals surface area contributed by atoms with Gasteiger partial charge in [-0.25, -0.2) is 0 Å². The van der Waals surface area contributed by atoms with Crippen LogP contribution in [0.4, 0.5) is 0 Å². The molecule has 0 aliphatic heterocycles. The van der Waals surface area contributed by atoms with Gasteiger partial charge in [-0.3, -0.25) is 0 Å². The summed E-state index contributed by atoms with van der Waals surface area (Å²) >= 11 is 0. The lowest BCUT2D eigenvalue weighted by molar-refractivity contribution is 0.417. The highest BCUT2D eigenvalue weighted by atomic mass is 16.3. The molecular formula is C10H15NO. The van der Waals surface area contributed by atoms with Crippen molar-refractivity contribution in [1.29, 1.82) is 0 Å². The van der Waals surface area contributed by atoms with Crippen LogP contribution in [0.3, 0.4) is 0 Å². The Hall–Kier alpha value is -1.02. The van der Waals surface area contributed by atoms with Gasteiger partial charge in [0.2, 0.25) is 0 Å². The van der Waals surface area contributed by atoms with E-state index in [0.717, 1.165) is 12.0 Å². The van der Waals surface area contributed by atoms with Crippen LogP contribution < -0.4 is 5.73 Å². The molecule has 1 atom stereocenters. The predicted octanol–water partition coefficient (Wildman–Crippen LogP) is 1.98. The Balaban J connectivity index is 3.10. The number of hydrogen-bond acceptors (Lipinski definition) is 2. The van der Waals surface area contributed by atoms with E-state index < -0.39 is 5.54 Å². The SMILES string of the molecule is CC[C@@](C)(N)c1ccccc1O. The second-order valence-electron chi connectivity index (χ2n) is 3.29. The van der Waals surface area contributed by atoms with Crippen molar-refractivity contribution in [3.63, 3.8) is 0 Å². The molecule has 1 rings (SSSR count). The van der Waals surface area contributed by atoms with Crippen molar-refractivity contribution in [3.8, 4) is 5.75 Å². The van der Waals surface area contributed by atoms with E-state index in [1.807, 2.05) is 26.0 Å². The Morgan fingerprint density at radius 1 is 1.42 bits per heavy atom. The third-order valence-corrected chi connectivity index (χ3v) is 2.25. The van der Waals surface area contributed by atoms with E-state index in [1.165, 1.54) is 0 Å². The Bertz CT molecular complexity index is 268. The van der Waals surface area contributed by atoms with Gasteiger partial charge in [-0.2, -0.15) is 0 Å². The van der Waals surface area contributed by atoms with E-state index in [2.05, 4.69) is 0 Å². The zero-order valence-electron chi connectivity index (χ0n) is 7.54. The van der Waals surface area contributed by atoms with E-state index >= 15 is 0 Å². The molecule has 3 N–H and O–H groups in total. The Kier molecular flexibility index (Phi) is 2.38. The summed E-state index contributed by atoms with van der Waals surface area (Å²) < 4.78 is 0. The summed E-state index contributed by atoms with van der Waals surface area (Å²) in [5, 5.41) is 9.50. The number of phenolic OH excluding ortho intramolecular Hbond substituents is 1. The molecule has 0 spiro atoms. The minimum atomic E-state index is -0.425. The lowest BCUT2D eigenvalue weighted by Gasteiger charge is -2.23. The molecule has 0 unspecified atom stereocenters. The molecule has 0 heterocycles. The third kappa shape index (κ3) is 1.59. The molecule has 0 aliphatic rings. The molecule has 66 valence electrons. The highest BCUT2D eigenvalue weighted by Gasteiger charge is 2.21. The third-order valence-electron chi connectivity index (χ3n) is 2.25. The Labute approximate surface area is 73.0 Å². The van der Waals surface area contributed by atoms with Crippen LogP contribution >= 0.6 is 0 Å². The number of rotatable bonds is 2. The van der Waals surface area contributed by atoms with Crippen LogP contribution in [-0.2, 0) is 5.54 Å². The molecule has 0 saturated carbocycles. The average Bonchev–Trinajstić information content (AvgIpc) is 2.05. The lowest BCUT2D eigenvalue weighted by Crippen LogP contribution is -2.31. The van der Waals surface area contributed by atoms with Gasteiger partial charge in [0.25, 0.3) is 0 Å². The van der Waals surface area contributed by atoms with Gasteiger partial charge in [0.05, 0.1) is 0 Å². The Morgan fingerprint density at radius 2 is 2.00 bits per heavy atom. The van der Waals surface area contributed by atoms with E-state index in [1.54, 1.807) is 12.1 Å². The summed E-state index contributed by atoms with van der Waals surface area (Å²) in [4.78, 5) is 0. The fraction of sp³-hybridized carbons (Fsp3) is 0.400. The molecule has 0 aromatic heterocycles. The van der Waals surface area contributed by atoms with E-state index in [4.69, 9.17) is 5.73 Å². The number of phenols is 1. The first-order chi connectivity index (χ1) is 5.58. The lowest BCUT2D eigenvalue weighted by atomic mass is 9.90. The maximum Gasteiger partial charge on any atom is 0.120 e. The minimum absolute atomic E-state index is 0.282. The molecule has 1 aromatic carbocycles. The van der Waals surface area contributed by atoms with Crippen LogP contribution in [0.5, 0.6) is 5.75 Å². The summed E-state index contributed by atoms with van der Waals surface area (Å²) in [5.74, 6) is 0.282. The quantitative estimate of drug-likeness (QED) is 0.703. The predicted molar refractivity (Wildman–Crippen MR) is 49.9 cm³/mol. The smallest absolute Gasteiger partial charge is 0.120 e. The van der Waals surface area contributed by atoms with E-state index in [9.17, 15) is 5.11 Å². The van der Waals surface area contributed by atoms with Crippen molar-refractivity contribution >= 4 is 0 Å². The molecule has 0 fully saturated rings. The normalized spacial score (nSPS) is 15.6. The molecule has 12 heavy (non-hydrogen) atoms. The monoisotopic (exact) mass is 165 g/mol. The Morgan fingerprint density at radius 3 is 2.50 bits per heavy atom. The van der Waals surface area contributed by atoms with Crippen molar-refractivity contribution < 1.29 is 5.11 Å². The molecule has 0 aliphatic carbocycles. The van der Waals surface area contributed by atoms with Gasteiger partial charge in [-0.1, -0.05) is 25.1 Å². The van der Waals surface area contributed by atoms with Gasteiger partial charge < -0.3 is 10.8 Å². The minimum Gasteiger partial charge on any atom is -0.508 e. The molecule has 0 bridgehead atoms. The molecule has 2 nitrogen and oxygen atoms in total. The fourth-order valence-electron chi connectivity index (χ4n) is 1.15. The second-order valence-corrected chi connectivity index (χ2v) is 3.29. The fourth-order valence-corrected chi connectivity index (χ4v) is 1.15. The summed E-state index contributed by atoms with van der Waals surface area (Å²) in [7, 11) is 0. The van der Waals surface area contributed by atoms with Crippen LogP contribution in [0.1, 0.15) is 25.8 Å². The van der Waals surface area contributed by atoms with Crippen LogP contribution in [0, 0.1) is 0 Å². The van der Waals surface area contributed by atoms with Crippen LogP contribution in [-0.4, -0.2) is 5.11 Å². The second kappa shape index (κ2) is 3.15. The van der Waals surface area contributed by atoms with Gasteiger partial charge in [-0.15, -0.1) is 0 Å². The van der Waals surface area contributed by atoms with Crippen LogP contribution in [0.25, 0.3) is 0 Å². The number of hydrogen-bond donors (Lipinski definition) is 2. The molecule has 0 amide bonds. The van der Waals surface area contributed by atoms with Gasteiger partial charge in [0, 0.05) is 11.1 Å². The van der Waals surface area contributed by atoms with Crippen molar-refractivity contribution in [1.82, 2.24) is 0 Å². The first-order valence-corrected chi connectivity index (χ1v) is 4.15. The van der Waals surface area contributed by atoms with Crippen molar-refractivity contribution in [2.24, 2.45) is 5.73 Å². The van der Waals surface area contributed by atoms with Gasteiger partial charge >= 0.3 is 0 Å². The number of nitrogens with two attached hydrogens (primary N) is 1. The van der Waals surface area contributed by atoms with Crippen molar-refractivity contribution in [3.05, 3.63) is 29.8 Å². The van der Waals surface area contributed by atoms with Gasteiger partial charge in [0.1, 0.15) is 5.75 Å². The molecule has 1 aromatic rings. The van der Waals surface area contributed by atoms with Crippen molar-refractivity contribution in [2.45, 2.75) is 25.8 Å². The standard InChI is InChI=1S/C10H15NO/c1-3-10(2,11)8-6-4-5-7-9(8)12/h4-7,12H,3,11H2,1-2H3/t10-/m1/s1. The molecule has 0 saturated heterocycles. The topological polar surface area (TPSA) is 46.2 Å². The molecule has 0 radical (unpaired) electrons. The maximum absolute atomic E-state index is 9.50. The highest BCUT2D eigenvalue weighted by molar-refractivity contribution is 5.36. The van der Waals surface area contributed by atoms with Crippen LogP contribution in [0.2, 0.25) is 0 Å². The van der Waals surface area contributed by atoms with E-state index in [0.29, 0.717) is 0 Å². The number of benzene rings is 1. The van der Waals surface area contributed by atoms with Crippen LogP contribution in [0.15, 0.2) is 24.3 Å². The highest BCUT2D eigenvalue weighted by Crippen LogP contribution is 2.28. The van der Waals surface area contributed by atoms with Crippen molar-refractivity contribution in [2.75, 3.05) is 0 Å². The first-order valence-electron chi connectivity index (χ1n) is 4.15. The maximum atomic E-state index is 9.50. The summed E-state index contributed by atoms with van der Waals surface area (Å²) in [6, 6.07) is 7.20. The average molecular weight is 165 g/mol. The number of aromatic hydroxyl groups is 1. The zero-order chi connectivity index (χ0) is 9.19. The van der Waals surface area contributed by atoms with E-state index in [-0.39, 0.29) is 5.75 Å². The van der Waals surface area contributed by atoms with Gasteiger partial charge in [-0.05, 0) is 19.4 Å². The largest absolute Gasteiger partial charge is 0.508 e. The summed E-state index contributed by atoms with van der Waals surface area (Å²) in [6.45, 7) is 3.93.